The second-order valence-corrected chi connectivity index (χ2v) is 7.63. The largest absolute Gasteiger partial charge is 0.445 e. The first-order chi connectivity index (χ1) is 11.8. The summed E-state index contributed by atoms with van der Waals surface area (Å²) in [6.07, 6.45) is 12.4. The molecular formula is C21H27NO2. The van der Waals surface area contributed by atoms with Crippen LogP contribution in [-0.2, 0) is 11.3 Å². The summed E-state index contributed by atoms with van der Waals surface area (Å²) >= 11 is 0. The van der Waals surface area contributed by atoms with Crippen LogP contribution in [0.2, 0.25) is 0 Å². The number of carbonyl (C=O) groups excluding carboxylic acids is 1. The molecule has 1 aromatic rings. The van der Waals surface area contributed by atoms with Gasteiger partial charge in [-0.1, -0.05) is 67.7 Å². The van der Waals surface area contributed by atoms with Crippen molar-refractivity contribution >= 4 is 6.09 Å². The van der Waals surface area contributed by atoms with Crippen LogP contribution in [-0.4, -0.2) is 23.1 Å². The fraction of sp³-hybridized carbons (Fsp3) is 0.571. The van der Waals surface area contributed by atoms with Crippen LogP contribution >= 0.6 is 0 Å². The van der Waals surface area contributed by atoms with Crippen molar-refractivity contribution in [2.75, 3.05) is 0 Å². The first-order valence-corrected chi connectivity index (χ1v) is 9.48. The van der Waals surface area contributed by atoms with E-state index in [0.717, 1.165) is 30.7 Å². The Bertz CT molecular complexity index is 604. The number of hydrogen-bond acceptors (Lipinski definition) is 2. The average Bonchev–Trinajstić information content (AvgIpc) is 3.20. The standard InChI is InChI=1S/C21H27NO2/c23-21(24-15-17-8-2-1-3-9-17)22-19-10-11-20(22)14-18(13-19)12-16-6-4-5-7-16/h1-3,8-9,13,16,19-20H,4-7,10-12,14-15H2. The van der Waals surface area contributed by atoms with E-state index in [1.165, 1.54) is 32.1 Å². The Hall–Kier alpha value is -1.77. The lowest BCUT2D eigenvalue weighted by atomic mass is 9.91. The fourth-order valence-electron chi connectivity index (χ4n) is 4.73. The SMILES string of the molecule is O=C(OCc1ccccc1)N1C2C=C(CC3CCCC3)CC1CC2. The Labute approximate surface area is 144 Å². The molecule has 3 aliphatic rings. The van der Waals surface area contributed by atoms with Crippen LogP contribution in [0.3, 0.4) is 0 Å². The summed E-state index contributed by atoms with van der Waals surface area (Å²) in [5, 5.41) is 0. The predicted octanol–water partition coefficient (Wildman–Crippen LogP) is 5.07. The molecule has 2 atom stereocenters. The van der Waals surface area contributed by atoms with E-state index in [4.69, 9.17) is 4.74 Å². The van der Waals surface area contributed by atoms with Crippen LogP contribution in [0, 0.1) is 5.92 Å². The van der Waals surface area contributed by atoms with Crippen LogP contribution in [0.5, 0.6) is 0 Å². The molecule has 2 unspecified atom stereocenters. The highest BCUT2D eigenvalue weighted by Crippen LogP contribution is 2.39. The van der Waals surface area contributed by atoms with E-state index in [0.29, 0.717) is 12.6 Å². The van der Waals surface area contributed by atoms with Crippen molar-refractivity contribution in [3.05, 3.63) is 47.5 Å². The van der Waals surface area contributed by atoms with Crippen LogP contribution in [0.4, 0.5) is 4.79 Å². The minimum atomic E-state index is -0.137. The van der Waals surface area contributed by atoms with Gasteiger partial charge in [0.15, 0.2) is 0 Å². The lowest BCUT2D eigenvalue weighted by Crippen LogP contribution is -2.43. The van der Waals surface area contributed by atoms with E-state index in [2.05, 4.69) is 6.08 Å². The lowest BCUT2D eigenvalue weighted by Gasteiger charge is -2.33. The van der Waals surface area contributed by atoms with Gasteiger partial charge in [0.1, 0.15) is 6.61 Å². The third kappa shape index (κ3) is 3.35. The fourth-order valence-corrected chi connectivity index (χ4v) is 4.73. The van der Waals surface area contributed by atoms with Gasteiger partial charge in [-0.25, -0.2) is 4.79 Å². The molecule has 0 spiro atoms. The number of hydrogen-bond donors (Lipinski definition) is 0. The zero-order valence-corrected chi connectivity index (χ0v) is 14.3. The quantitative estimate of drug-likeness (QED) is 0.724. The van der Waals surface area contributed by atoms with Gasteiger partial charge in [0.25, 0.3) is 0 Å². The van der Waals surface area contributed by atoms with E-state index in [1.807, 2.05) is 35.2 Å². The molecule has 0 N–H and O–H groups in total. The van der Waals surface area contributed by atoms with Gasteiger partial charge in [-0.2, -0.15) is 0 Å². The van der Waals surface area contributed by atoms with E-state index in [9.17, 15) is 4.79 Å². The number of benzene rings is 1. The summed E-state index contributed by atoms with van der Waals surface area (Å²) in [5.41, 5.74) is 2.65. The van der Waals surface area contributed by atoms with Crippen molar-refractivity contribution in [2.45, 2.75) is 70.1 Å². The molecule has 1 aliphatic carbocycles. The number of nitrogens with zero attached hydrogens (tertiary/aromatic N) is 1. The highest BCUT2D eigenvalue weighted by Gasteiger charge is 2.40. The number of rotatable bonds is 4. The molecule has 1 saturated carbocycles. The zero-order valence-electron chi connectivity index (χ0n) is 14.3. The van der Waals surface area contributed by atoms with Gasteiger partial charge in [-0.3, -0.25) is 4.90 Å². The van der Waals surface area contributed by atoms with Gasteiger partial charge < -0.3 is 4.74 Å². The smallest absolute Gasteiger partial charge is 0.410 e. The highest BCUT2D eigenvalue weighted by atomic mass is 16.6. The molecule has 0 aromatic heterocycles. The number of amides is 1. The summed E-state index contributed by atoms with van der Waals surface area (Å²) in [4.78, 5) is 14.6. The Balaban J connectivity index is 1.36. The first-order valence-electron chi connectivity index (χ1n) is 9.48. The monoisotopic (exact) mass is 325 g/mol. The number of ether oxygens (including phenoxy) is 1. The summed E-state index contributed by atoms with van der Waals surface area (Å²) in [6, 6.07) is 10.6. The molecular weight excluding hydrogens is 298 g/mol. The summed E-state index contributed by atoms with van der Waals surface area (Å²) in [6.45, 7) is 0.369. The molecule has 2 heterocycles. The van der Waals surface area contributed by atoms with Crippen molar-refractivity contribution in [2.24, 2.45) is 5.92 Å². The molecule has 1 saturated heterocycles. The Kier molecular flexibility index (Phi) is 4.59. The predicted molar refractivity (Wildman–Crippen MR) is 94.6 cm³/mol. The van der Waals surface area contributed by atoms with Crippen LogP contribution in [0.15, 0.2) is 42.0 Å². The van der Waals surface area contributed by atoms with Crippen LogP contribution in [0.1, 0.15) is 56.9 Å². The minimum absolute atomic E-state index is 0.137. The minimum Gasteiger partial charge on any atom is -0.445 e. The molecule has 0 radical (unpaired) electrons. The molecule has 3 nitrogen and oxygen atoms in total. The molecule has 2 aliphatic heterocycles. The average molecular weight is 325 g/mol. The van der Waals surface area contributed by atoms with Crippen LogP contribution < -0.4 is 0 Å². The van der Waals surface area contributed by atoms with Gasteiger partial charge in [-0.15, -0.1) is 0 Å². The van der Waals surface area contributed by atoms with Gasteiger partial charge in [0.2, 0.25) is 0 Å². The first kappa shape index (κ1) is 15.7. The summed E-state index contributed by atoms with van der Waals surface area (Å²) < 4.78 is 5.57. The van der Waals surface area contributed by atoms with Crippen molar-refractivity contribution in [1.29, 1.82) is 0 Å². The Morgan fingerprint density at radius 1 is 1.08 bits per heavy atom. The molecule has 1 amide bonds. The van der Waals surface area contributed by atoms with Crippen molar-refractivity contribution < 1.29 is 9.53 Å². The molecule has 2 fully saturated rings. The van der Waals surface area contributed by atoms with Gasteiger partial charge in [0.05, 0.1) is 6.04 Å². The van der Waals surface area contributed by atoms with E-state index in [-0.39, 0.29) is 12.1 Å². The molecule has 1 aromatic carbocycles. The topological polar surface area (TPSA) is 29.5 Å². The summed E-state index contributed by atoms with van der Waals surface area (Å²) in [7, 11) is 0. The van der Waals surface area contributed by atoms with Gasteiger partial charge >= 0.3 is 6.09 Å². The molecule has 2 bridgehead atoms. The third-order valence-corrected chi connectivity index (χ3v) is 5.91. The molecule has 128 valence electrons. The van der Waals surface area contributed by atoms with E-state index < -0.39 is 0 Å². The van der Waals surface area contributed by atoms with Gasteiger partial charge in [-0.05, 0) is 37.2 Å². The number of fused-ring (bicyclic) bond motifs is 2. The second kappa shape index (κ2) is 7.00. The number of carbonyl (C=O) groups is 1. The Morgan fingerprint density at radius 2 is 1.88 bits per heavy atom. The second-order valence-electron chi connectivity index (χ2n) is 7.63. The lowest BCUT2D eigenvalue weighted by molar-refractivity contribution is 0.0813. The molecule has 3 heteroatoms. The summed E-state index contributed by atoms with van der Waals surface area (Å²) in [5.74, 6) is 0.896. The normalized spacial score (nSPS) is 26.5. The zero-order chi connectivity index (χ0) is 16.4. The van der Waals surface area contributed by atoms with Crippen molar-refractivity contribution in [3.63, 3.8) is 0 Å². The van der Waals surface area contributed by atoms with E-state index in [1.54, 1.807) is 5.57 Å². The highest BCUT2D eigenvalue weighted by molar-refractivity contribution is 5.70. The molecule has 4 rings (SSSR count). The van der Waals surface area contributed by atoms with Crippen LogP contribution in [0.25, 0.3) is 0 Å². The molecule has 24 heavy (non-hydrogen) atoms. The maximum absolute atomic E-state index is 12.6. The maximum atomic E-state index is 12.6. The third-order valence-electron chi connectivity index (χ3n) is 5.91. The van der Waals surface area contributed by atoms with Crippen molar-refractivity contribution in [3.8, 4) is 0 Å². The van der Waals surface area contributed by atoms with Gasteiger partial charge in [0, 0.05) is 6.04 Å². The van der Waals surface area contributed by atoms with Crippen molar-refractivity contribution in [1.82, 2.24) is 4.90 Å². The van der Waals surface area contributed by atoms with E-state index >= 15 is 0 Å². The maximum Gasteiger partial charge on any atom is 0.410 e. The Morgan fingerprint density at radius 3 is 2.62 bits per heavy atom.